The summed E-state index contributed by atoms with van der Waals surface area (Å²) in [4.78, 5) is 2.20. The van der Waals surface area contributed by atoms with E-state index in [0.29, 0.717) is 0 Å². The highest BCUT2D eigenvalue weighted by Gasteiger charge is 2.25. The molecule has 0 unspecified atom stereocenters. The molecular weight excluding hydrogens is 390 g/mol. The molecule has 1 aromatic carbocycles. The van der Waals surface area contributed by atoms with Crippen LogP contribution in [-0.2, 0) is 0 Å². The maximum Gasteiger partial charge on any atom is 0.509 e. The molecule has 0 bridgehead atoms. The molecule has 1 aliphatic heterocycles. The Hall–Kier alpha value is -1.58. The highest BCUT2D eigenvalue weighted by Crippen LogP contribution is 2.12. The van der Waals surface area contributed by atoms with Crippen molar-refractivity contribution in [1.82, 2.24) is 4.90 Å². The monoisotopic (exact) mass is 411 g/mol. The molecule has 144 valence electrons. The van der Waals surface area contributed by atoms with Crippen LogP contribution in [0.4, 0.5) is 12.9 Å². The molecule has 2 heterocycles. The van der Waals surface area contributed by atoms with E-state index in [1.165, 1.54) is 12.1 Å². The van der Waals surface area contributed by atoms with Crippen molar-refractivity contribution in [3.63, 3.8) is 0 Å². The fraction of sp³-hybridized carbons (Fsp3) is 0.278. The number of pyridine rings is 1. The number of hydrogen-bond donors (Lipinski definition) is 2. The van der Waals surface area contributed by atoms with Crippen LogP contribution in [0.1, 0.15) is 11.1 Å². The summed E-state index contributed by atoms with van der Waals surface area (Å²) < 4.78 is 40.0. The van der Waals surface area contributed by atoms with E-state index in [9.17, 15) is 12.9 Å². The maximum atomic E-state index is 12.7. The van der Waals surface area contributed by atoms with E-state index >= 15 is 0 Å². The molecule has 0 spiro atoms. The fourth-order valence-electron chi connectivity index (χ4n) is 2.92. The summed E-state index contributed by atoms with van der Waals surface area (Å²) in [6, 6.07) is 9.18. The molecular formula is C18H21BF3N3S2. The Morgan fingerprint density at radius 3 is 1.85 bits per heavy atom. The summed E-state index contributed by atoms with van der Waals surface area (Å²) in [5.41, 5.74) is 1.15. The molecule has 2 aromatic rings. The normalized spacial score (nSPS) is 16.4. The van der Waals surface area contributed by atoms with E-state index in [-0.39, 0.29) is 4.71 Å². The van der Waals surface area contributed by atoms with E-state index in [4.69, 9.17) is 0 Å². The summed E-state index contributed by atoms with van der Waals surface area (Å²) in [5, 5.41) is 2.24. The highest BCUT2D eigenvalue weighted by atomic mass is 32.2. The van der Waals surface area contributed by atoms with Crippen LogP contribution >= 0.6 is 25.3 Å². The van der Waals surface area contributed by atoms with Crippen molar-refractivity contribution in [3.05, 3.63) is 59.9 Å². The molecule has 1 saturated heterocycles. The van der Waals surface area contributed by atoms with Crippen LogP contribution in [-0.4, -0.2) is 42.8 Å². The van der Waals surface area contributed by atoms with Gasteiger partial charge in [-0.25, -0.2) is 0 Å². The number of nitrogens with zero attached hydrogens (tertiary/aromatic N) is 3. The number of halogens is 3. The van der Waals surface area contributed by atoms with E-state index in [1.807, 2.05) is 36.7 Å². The molecule has 1 aliphatic rings. The molecule has 0 N–H and O–H groups in total. The van der Waals surface area contributed by atoms with E-state index in [2.05, 4.69) is 39.8 Å². The lowest BCUT2D eigenvalue weighted by atomic mass is 9.80. The number of aromatic nitrogens is 1. The summed E-state index contributed by atoms with van der Waals surface area (Å²) >= 11 is 8.69. The maximum absolute atomic E-state index is 12.7. The first kappa shape index (κ1) is 20.2. The average Bonchev–Trinajstić information content (AvgIpc) is 2.66. The number of thiol groups is 2. The minimum atomic E-state index is -4.94. The average molecular weight is 411 g/mol. The second kappa shape index (κ2) is 8.62. The zero-order chi connectivity index (χ0) is 19.4. The lowest BCUT2D eigenvalue weighted by Gasteiger charge is -2.33. The van der Waals surface area contributed by atoms with Crippen LogP contribution in [0.25, 0.3) is 12.2 Å². The Balaban J connectivity index is 1.60. The molecule has 0 atom stereocenters. The molecule has 0 aliphatic carbocycles. The summed E-state index contributed by atoms with van der Waals surface area (Å²) in [5.74, 6) is 0. The lowest BCUT2D eigenvalue weighted by Crippen LogP contribution is -2.64. The first-order valence-corrected chi connectivity index (χ1v) is 9.71. The number of hydrogen-bond acceptors (Lipinski definition) is 4. The van der Waals surface area contributed by atoms with Crippen molar-refractivity contribution in [2.75, 3.05) is 31.2 Å². The Kier molecular flexibility index (Phi) is 6.44. The first-order chi connectivity index (χ1) is 12.8. The predicted octanol–water partition coefficient (Wildman–Crippen LogP) is 2.60. The minimum absolute atomic E-state index is 0.0316. The third kappa shape index (κ3) is 5.46. The van der Waals surface area contributed by atoms with E-state index < -0.39 is 12.4 Å². The molecule has 0 amide bonds. The summed E-state index contributed by atoms with van der Waals surface area (Å²) in [6.45, 7) is -1.35. The van der Waals surface area contributed by atoms with Gasteiger partial charge in [0.2, 0.25) is 0 Å². The van der Waals surface area contributed by atoms with E-state index in [1.54, 1.807) is 0 Å². The van der Waals surface area contributed by atoms with Crippen LogP contribution in [0.2, 0.25) is 0 Å². The van der Waals surface area contributed by atoms with Crippen molar-refractivity contribution in [3.8, 4) is 0 Å². The number of piperazine rings is 1. The summed E-state index contributed by atoms with van der Waals surface area (Å²) in [7, 11) is 0. The van der Waals surface area contributed by atoms with Crippen LogP contribution in [0.3, 0.4) is 0 Å². The van der Waals surface area contributed by atoms with Crippen molar-refractivity contribution in [1.29, 1.82) is 0 Å². The zero-order valence-electron chi connectivity index (χ0n) is 14.6. The molecule has 0 radical (unpaired) electrons. The minimum Gasteiger partial charge on any atom is -0.445 e. The molecule has 3 rings (SSSR count). The van der Waals surface area contributed by atoms with Crippen molar-refractivity contribution >= 4 is 49.8 Å². The molecule has 0 saturated carbocycles. The second-order valence-corrected chi connectivity index (χ2v) is 7.81. The zero-order valence-corrected chi connectivity index (χ0v) is 16.4. The smallest absolute Gasteiger partial charge is 0.445 e. The topological polar surface area (TPSA) is 10.4 Å². The summed E-state index contributed by atoms with van der Waals surface area (Å²) in [6.07, 6.45) is 7.68. The van der Waals surface area contributed by atoms with Gasteiger partial charge in [-0.1, -0.05) is 41.1 Å². The lowest BCUT2D eigenvalue weighted by molar-refractivity contribution is -0.694. The van der Waals surface area contributed by atoms with Crippen molar-refractivity contribution in [2.45, 2.75) is 4.71 Å². The van der Waals surface area contributed by atoms with Crippen LogP contribution < -0.4 is 15.1 Å². The van der Waals surface area contributed by atoms with Gasteiger partial charge in [0.15, 0.2) is 12.4 Å². The van der Waals surface area contributed by atoms with Crippen molar-refractivity contribution < 1.29 is 17.6 Å². The van der Waals surface area contributed by atoms with Gasteiger partial charge in [-0.3, -0.25) is 4.90 Å². The quantitative estimate of drug-likeness (QED) is 0.339. The van der Waals surface area contributed by atoms with Gasteiger partial charge in [0, 0.05) is 25.2 Å². The van der Waals surface area contributed by atoms with Crippen LogP contribution in [0, 0.1) is 0 Å². The standard InChI is InChI=1S/C18H21BF3N3S2/c20-19(21,22)17-5-3-15(4-6-17)1-2-16-7-9-24(10-8-16)25-13-11-23(12-14-25)18(26)27/h1-10,18,26-27H,11-14H2/b2-1+. The van der Waals surface area contributed by atoms with Crippen LogP contribution in [0.15, 0.2) is 48.8 Å². The SMILES string of the molecule is F[B-](F)(F)c1ccc(/C=C/c2cc[n+](N3CCN(C(S)S)CC3)cc2)cc1. The van der Waals surface area contributed by atoms with Gasteiger partial charge >= 0.3 is 6.98 Å². The van der Waals surface area contributed by atoms with Gasteiger partial charge in [0.25, 0.3) is 0 Å². The molecule has 27 heavy (non-hydrogen) atoms. The fourth-order valence-corrected chi connectivity index (χ4v) is 3.38. The van der Waals surface area contributed by atoms with Gasteiger partial charge in [-0.15, -0.1) is 30.7 Å². The number of rotatable bonds is 5. The van der Waals surface area contributed by atoms with Gasteiger partial charge in [-0.2, -0.15) is 5.01 Å². The third-order valence-electron chi connectivity index (χ3n) is 4.57. The van der Waals surface area contributed by atoms with Gasteiger partial charge in [0.05, 0.1) is 17.8 Å². The largest absolute Gasteiger partial charge is 0.509 e. The highest BCUT2D eigenvalue weighted by molar-refractivity contribution is 7.99. The van der Waals surface area contributed by atoms with Crippen molar-refractivity contribution in [2.24, 2.45) is 0 Å². The Morgan fingerprint density at radius 1 is 0.852 bits per heavy atom. The predicted molar refractivity (Wildman–Crippen MR) is 112 cm³/mol. The molecule has 1 aromatic heterocycles. The number of benzene rings is 1. The molecule has 3 nitrogen and oxygen atoms in total. The van der Waals surface area contributed by atoms with Gasteiger partial charge in [-0.05, 0) is 11.1 Å². The Bertz CT molecular complexity index is 772. The third-order valence-corrected chi connectivity index (χ3v) is 5.22. The molecule has 1 fully saturated rings. The van der Waals surface area contributed by atoms with Crippen LogP contribution in [0.5, 0.6) is 0 Å². The molecule has 9 heteroatoms. The van der Waals surface area contributed by atoms with Gasteiger partial charge in [0.1, 0.15) is 0 Å². The van der Waals surface area contributed by atoms with E-state index in [0.717, 1.165) is 49.4 Å². The van der Waals surface area contributed by atoms with Gasteiger partial charge < -0.3 is 12.9 Å². The first-order valence-electron chi connectivity index (χ1n) is 8.68. The second-order valence-electron chi connectivity index (χ2n) is 6.42. The Labute approximate surface area is 168 Å². The Morgan fingerprint density at radius 2 is 1.37 bits per heavy atom.